The van der Waals surface area contributed by atoms with Gasteiger partial charge >= 0.3 is 6.03 Å². The van der Waals surface area contributed by atoms with Crippen LogP contribution in [0.5, 0.6) is 11.5 Å². The van der Waals surface area contributed by atoms with E-state index in [9.17, 15) is 14.7 Å². The summed E-state index contributed by atoms with van der Waals surface area (Å²) < 4.78 is 17.3. The van der Waals surface area contributed by atoms with Gasteiger partial charge in [-0.15, -0.1) is 0 Å². The van der Waals surface area contributed by atoms with Crippen molar-refractivity contribution < 1.29 is 28.9 Å². The van der Waals surface area contributed by atoms with Crippen LogP contribution in [-0.4, -0.2) is 55.6 Å². The lowest BCUT2D eigenvalue weighted by molar-refractivity contribution is -0.142. The molecular weight excluding hydrogens is 450 g/mol. The molecule has 4 N–H and O–H groups in total. The van der Waals surface area contributed by atoms with Crippen molar-refractivity contribution in [3.8, 4) is 11.5 Å². The summed E-state index contributed by atoms with van der Waals surface area (Å²) in [6, 6.07) is 12.2. The number of carbonyl (C=O) groups excluding carboxylic acids is 2. The van der Waals surface area contributed by atoms with Crippen LogP contribution in [0, 0.1) is 5.92 Å². The van der Waals surface area contributed by atoms with Gasteiger partial charge in [0.15, 0.2) is 0 Å². The fourth-order valence-electron chi connectivity index (χ4n) is 4.79. The van der Waals surface area contributed by atoms with Gasteiger partial charge in [0.25, 0.3) is 0 Å². The predicted octanol–water partition coefficient (Wildman–Crippen LogP) is 3.25. The van der Waals surface area contributed by atoms with Crippen LogP contribution in [0.2, 0.25) is 0 Å². The fraction of sp³-hybridized carbons (Fsp3) is 0.462. The number of benzene rings is 2. The molecule has 2 fully saturated rings. The van der Waals surface area contributed by atoms with Crippen molar-refractivity contribution >= 4 is 23.3 Å². The zero-order valence-corrected chi connectivity index (χ0v) is 19.7. The van der Waals surface area contributed by atoms with Crippen molar-refractivity contribution in [1.82, 2.24) is 5.32 Å². The highest BCUT2D eigenvalue weighted by molar-refractivity contribution is 5.99. The van der Waals surface area contributed by atoms with Gasteiger partial charge in [-0.1, -0.05) is 0 Å². The Morgan fingerprint density at radius 3 is 2.54 bits per heavy atom. The van der Waals surface area contributed by atoms with Crippen molar-refractivity contribution in [3.05, 3.63) is 48.0 Å². The first-order chi connectivity index (χ1) is 17.0. The number of fused-ring (bicyclic) bond motifs is 3. The second-order valence-corrected chi connectivity index (χ2v) is 9.42. The van der Waals surface area contributed by atoms with Crippen LogP contribution in [0.4, 0.5) is 16.2 Å². The normalized spacial score (nSPS) is 24.5. The van der Waals surface area contributed by atoms with E-state index >= 15 is 0 Å². The summed E-state index contributed by atoms with van der Waals surface area (Å²) in [7, 11) is 1.59. The Morgan fingerprint density at radius 2 is 1.83 bits per heavy atom. The number of aliphatic hydroxyl groups is 1. The molecule has 2 aromatic rings. The van der Waals surface area contributed by atoms with Crippen molar-refractivity contribution in [1.29, 1.82) is 0 Å². The van der Waals surface area contributed by atoms with Gasteiger partial charge in [-0.2, -0.15) is 0 Å². The largest absolute Gasteiger partial charge is 0.497 e. The van der Waals surface area contributed by atoms with Crippen LogP contribution < -0.4 is 25.4 Å². The topological polar surface area (TPSA) is 118 Å². The number of hydrogen-bond acceptors (Lipinski definition) is 6. The molecule has 9 nitrogen and oxygen atoms in total. The van der Waals surface area contributed by atoms with Crippen molar-refractivity contribution in [2.75, 3.05) is 30.9 Å². The Bertz CT molecular complexity index is 1070. The van der Waals surface area contributed by atoms with Gasteiger partial charge < -0.3 is 35.3 Å². The molecule has 1 saturated carbocycles. The molecule has 1 saturated heterocycles. The lowest BCUT2D eigenvalue weighted by Crippen LogP contribution is -2.47. The molecule has 3 aliphatic rings. The molecule has 2 aromatic carbocycles. The van der Waals surface area contributed by atoms with E-state index in [0.717, 1.165) is 12.1 Å². The maximum absolute atomic E-state index is 12.5. The smallest absolute Gasteiger partial charge is 0.323 e. The fourth-order valence-corrected chi connectivity index (χ4v) is 4.79. The summed E-state index contributed by atoms with van der Waals surface area (Å²) in [5, 5.41) is 18.6. The molecule has 5 rings (SSSR count). The van der Waals surface area contributed by atoms with E-state index < -0.39 is 6.10 Å². The summed E-state index contributed by atoms with van der Waals surface area (Å²) in [6.45, 7) is 0.533. The average molecular weight is 482 g/mol. The van der Waals surface area contributed by atoms with Gasteiger partial charge in [-0.25, -0.2) is 4.79 Å². The number of nitrogens with one attached hydrogen (secondary N) is 3. The van der Waals surface area contributed by atoms with Crippen molar-refractivity contribution in [2.45, 2.75) is 49.9 Å². The number of rotatable bonds is 8. The van der Waals surface area contributed by atoms with Crippen LogP contribution in [0.1, 0.15) is 37.2 Å². The number of ether oxygens (including phenoxy) is 3. The minimum absolute atomic E-state index is 0.0261. The number of carbonyl (C=O) groups is 2. The lowest BCUT2D eigenvalue weighted by atomic mass is 9.84. The van der Waals surface area contributed by atoms with Crippen molar-refractivity contribution in [3.63, 3.8) is 0 Å². The maximum Gasteiger partial charge on any atom is 0.323 e. The summed E-state index contributed by atoms with van der Waals surface area (Å²) >= 11 is 0. The van der Waals surface area contributed by atoms with Gasteiger partial charge in [0.2, 0.25) is 5.91 Å². The van der Waals surface area contributed by atoms with Gasteiger partial charge in [0.1, 0.15) is 23.7 Å². The molecule has 35 heavy (non-hydrogen) atoms. The highest BCUT2D eigenvalue weighted by atomic mass is 16.6. The van der Waals surface area contributed by atoms with E-state index in [1.165, 1.54) is 12.8 Å². The van der Waals surface area contributed by atoms with Crippen LogP contribution in [0.15, 0.2) is 42.5 Å². The second kappa shape index (κ2) is 10.1. The van der Waals surface area contributed by atoms with Crippen LogP contribution >= 0.6 is 0 Å². The Labute approximate surface area is 204 Å². The van der Waals surface area contributed by atoms with Gasteiger partial charge in [-0.05, 0) is 67.6 Å². The van der Waals surface area contributed by atoms with E-state index in [2.05, 4.69) is 16.0 Å². The lowest BCUT2D eigenvalue weighted by Gasteiger charge is -2.37. The molecule has 3 amide bonds. The molecule has 0 radical (unpaired) electrons. The van der Waals surface area contributed by atoms with E-state index in [4.69, 9.17) is 14.2 Å². The molecule has 0 unspecified atom stereocenters. The van der Waals surface area contributed by atoms with Crippen LogP contribution in [0.3, 0.4) is 0 Å². The molecule has 9 heteroatoms. The molecule has 2 heterocycles. The monoisotopic (exact) mass is 481 g/mol. The molecule has 0 spiro atoms. The number of anilines is 2. The summed E-state index contributed by atoms with van der Waals surface area (Å²) in [6.07, 6.45) is 2.06. The third kappa shape index (κ3) is 5.52. The number of methoxy groups -OCH3 is 1. The molecule has 4 atom stereocenters. The Kier molecular flexibility index (Phi) is 6.79. The van der Waals surface area contributed by atoms with Crippen molar-refractivity contribution in [2.24, 2.45) is 5.92 Å². The average Bonchev–Trinajstić information content (AvgIpc) is 3.62. The minimum atomic E-state index is -0.517. The van der Waals surface area contributed by atoms with Gasteiger partial charge in [0.05, 0.1) is 26.2 Å². The minimum Gasteiger partial charge on any atom is -0.497 e. The van der Waals surface area contributed by atoms with Gasteiger partial charge in [-0.3, -0.25) is 4.79 Å². The third-order valence-electron chi connectivity index (χ3n) is 6.80. The van der Waals surface area contributed by atoms with Crippen LogP contribution in [0.25, 0.3) is 0 Å². The molecule has 1 aliphatic carbocycles. The first-order valence-corrected chi connectivity index (χ1v) is 12.1. The first-order valence-electron chi connectivity index (χ1n) is 12.1. The second-order valence-electron chi connectivity index (χ2n) is 9.42. The zero-order chi connectivity index (χ0) is 24.4. The highest BCUT2D eigenvalue weighted by Gasteiger charge is 2.46. The first kappa shape index (κ1) is 23.4. The van der Waals surface area contributed by atoms with Gasteiger partial charge in [0, 0.05) is 29.4 Å². The SMILES string of the molecule is COc1ccc(NC(=O)Nc2ccc3c(c2)[C@@H]2C[C@@H](CC(=O)NCC4CC4)O[C@@H](CO)[C@@H]2O3)cc1. The van der Waals surface area contributed by atoms with E-state index in [1.807, 2.05) is 12.1 Å². The van der Waals surface area contributed by atoms with E-state index in [-0.39, 0.29) is 43.1 Å². The summed E-state index contributed by atoms with van der Waals surface area (Å²) in [5.74, 6) is 1.97. The molecule has 0 aromatic heterocycles. The molecule has 2 aliphatic heterocycles. The Balaban J connectivity index is 1.24. The molecular formula is C26H31N3O6. The number of urea groups is 1. The highest BCUT2D eigenvalue weighted by Crippen LogP contribution is 2.47. The summed E-state index contributed by atoms with van der Waals surface area (Å²) in [4.78, 5) is 24.9. The molecule has 186 valence electrons. The Hall–Kier alpha value is -3.30. The number of amides is 3. The summed E-state index contributed by atoms with van der Waals surface area (Å²) in [5.41, 5.74) is 2.22. The van der Waals surface area contributed by atoms with E-state index in [0.29, 0.717) is 35.2 Å². The Morgan fingerprint density at radius 1 is 1.09 bits per heavy atom. The molecule has 0 bridgehead atoms. The number of aliphatic hydroxyl groups excluding tert-OH is 1. The zero-order valence-electron chi connectivity index (χ0n) is 19.7. The quantitative estimate of drug-likeness (QED) is 0.460. The maximum atomic E-state index is 12.5. The third-order valence-corrected chi connectivity index (χ3v) is 6.80. The van der Waals surface area contributed by atoms with E-state index in [1.54, 1.807) is 37.4 Å². The standard InChI is InChI=1S/C26H31N3O6/c1-33-18-7-4-16(5-8-18)28-26(32)29-17-6-9-22-20(10-17)21-11-19(34-23(14-30)25(21)35-22)12-24(31)27-13-15-2-3-15/h4-10,15,19,21,23,25,30H,2-3,11-14H2,1H3,(H,27,31)(H2,28,29,32)/t19-,21-,23-,25+/m0/s1. The van der Waals surface area contributed by atoms with Crippen LogP contribution in [-0.2, 0) is 9.53 Å². The predicted molar refractivity (Wildman–Crippen MR) is 130 cm³/mol. The number of hydrogen-bond donors (Lipinski definition) is 4.